The van der Waals surface area contributed by atoms with Gasteiger partial charge < -0.3 is 14.8 Å². The van der Waals surface area contributed by atoms with Gasteiger partial charge in [0, 0.05) is 0 Å². The minimum absolute atomic E-state index is 0. The summed E-state index contributed by atoms with van der Waals surface area (Å²) < 4.78 is 34.6. The second-order valence-corrected chi connectivity index (χ2v) is 3.40. The Morgan fingerprint density at radius 1 is 1.57 bits per heavy atom. The molecule has 6 nitrogen and oxygen atoms in total. The predicted molar refractivity (Wildman–Crippen MR) is 40.5 cm³/mol. The SMILES string of the molecule is COC(=O)OS(=O)(=O)c1ccco1.[H-].[Na+]. The molecule has 0 aliphatic heterocycles. The van der Waals surface area contributed by atoms with Gasteiger partial charge in [0.15, 0.2) is 0 Å². The van der Waals surface area contributed by atoms with Crippen LogP contribution in [0.1, 0.15) is 1.43 Å². The van der Waals surface area contributed by atoms with Crippen LogP contribution in [0.15, 0.2) is 27.9 Å². The third-order valence-corrected chi connectivity index (χ3v) is 2.17. The summed E-state index contributed by atoms with van der Waals surface area (Å²) in [5.41, 5.74) is 0. The third kappa shape index (κ3) is 3.33. The first-order chi connectivity index (χ1) is 6.06. The number of carbonyl (C=O) groups excluding carboxylic acids is 1. The molecule has 0 atom stereocenters. The minimum Gasteiger partial charge on any atom is -1.00 e. The van der Waals surface area contributed by atoms with E-state index < -0.39 is 21.4 Å². The van der Waals surface area contributed by atoms with E-state index in [0.717, 1.165) is 19.4 Å². The van der Waals surface area contributed by atoms with Crippen LogP contribution in [0.25, 0.3) is 0 Å². The average Bonchev–Trinajstić information content (AvgIpc) is 2.55. The van der Waals surface area contributed by atoms with Crippen molar-refractivity contribution in [2.75, 3.05) is 7.11 Å². The molecule has 0 unspecified atom stereocenters. The summed E-state index contributed by atoms with van der Waals surface area (Å²) in [6.45, 7) is 0. The molecule has 14 heavy (non-hydrogen) atoms. The van der Waals surface area contributed by atoms with E-state index in [0.29, 0.717) is 0 Å². The van der Waals surface area contributed by atoms with Crippen LogP contribution in [-0.4, -0.2) is 21.7 Å². The van der Waals surface area contributed by atoms with Crippen molar-refractivity contribution in [2.24, 2.45) is 0 Å². The molecule has 0 aliphatic rings. The van der Waals surface area contributed by atoms with Crippen molar-refractivity contribution in [1.82, 2.24) is 0 Å². The molecule has 0 N–H and O–H groups in total. The van der Waals surface area contributed by atoms with E-state index in [1.54, 1.807) is 0 Å². The van der Waals surface area contributed by atoms with Gasteiger partial charge in [-0.25, -0.2) is 4.79 Å². The Morgan fingerprint density at radius 3 is 2.64 bits per heavy atom. The van der Waals surface area contributed by atoms with Crippen molar-refractivity contribution < 1.29 is 57.5 Å². The molecule has 0 bridgehead atoms. The van der Waals surface area contributed by atoms with Crippen molar-refractivity contribution in [3.05, 3.63) is 18.4 Å². The molecule has 0 radical (unpaired) electrons. The van der Waals surface area contributed by atoms with E-state index >= 15 is 0 Å². The van der Waals surface area contributed by atoms with Gasteiger partial charge in [-0.05, 0) is 12.1 Å². The van der Waals surface area contributed by atoms with Gasteiger partial charge in [0.25, 0.3) is 5.09 Å². The van der Waals surface area contributed by atoms with E-state index in [1.165, 1.54) is 6.07 Å². The summed E-state index contributed by atoms with van der Waals surface area (Å²) in [6, 6.07) is 2.51. The molecular weight excluding hydrogens is 223 g/mol. The van der Waals surface area contributed by atoms with Crippen LogP contribution in [0.2, 0.25) is 0 Å². The van der Waals surface area contributed by atoms with E-state index in [4.69, 9.17) is 0 Å². The van der Waals surface area contributed by atoms with E-state index in [9.17, 15) is 13.2 Å². The van der Waals surface area contributed by atoms with Gasteiger partial charge in [0.1, 0.15) is 0 Å². The first-order valence-electron chi connectivity index (χ1n) is 3.12. The number of hydrogen-bond acceptors (Lipinski definition) is 6. The fourth-order valence-corrected chi connectivity index (χ4v) is 1.32. The van der Waals surface area contributed by atoms with Gasteiger partial charge in [-0.2, -0.15) is 8.42 Å². The van der Waals surface area contributed by atoms with Crippen molar-refractivity contribution in [3.63, 3.8) is 0 Å². The van der Waals surface area contributed by atoms with Gasteiger partial charge >= 0.3 is 45.8 Å². The van der Waals surface area contributed by atoms with Gasteiger partial charge in [0.05, 0.1) is 13.4 Å². The molecule has 0 fully saturated rings. The summed E-state index contributed by atoms with van der Waals surface area (Å²) >= 11 is 0. The van der Waals surface area contributed by atoms with Gasteiger partial charge in [-0.15, -0.1) is 0 Å². The topological polar surface area (TPSA) is 82.8 Å². The van der Waals surface area contributed by atoms with Crippen molar-refractivity contribution in [2.45, 2.75) is 5.09 Å². The van der Waals surface area contributed by atoms with E-state index in [-0.39, 0.29) is 31.0 Å². The first-order valence-corrected chi connectivity index (χ1v) is 4.53. The Hall–Kier alpha value is -0.500. The zero-order valence-electron chi connectivity index (χ0n) is 8.59. The Kier molecular flexibility index (Phi) is 5.21. The number of ether oxygens (including phenoxy) is 1. The molecule has 0 saturated heterocycles. The number of hydrogen-bond donors (Lipinski definition) is 0. The zero-order valence-corrected chi connectivity index (χ0v) is 10.4. The number of rotatable bonds is 2. The molecule has 1 heterocycles. The standard InChI is InChI=1S/C6H6O6S.Na.H/c1-10-6(7)12-13(8,9)5-3-2-4-11-5;;/h2-4H,1H3;;/q;+1;-1. The molecule has 1 rings (SSSR count). The maximum Gasteiger partial charge on any atom is 1.00 e. The van der Waals surface area contributed by atoms with Crippen LogP contribution in [-0.2, 0) is 19.0 Å². The fourth-order valence-electron chi connectivity index (χ4n) is 0.570. The molecule has 74 valence electrons. The van der Waals surface area contributed by atoms with Crippen LogP contribution in [0, 0.1) is 0 Å². The quantitative estimate of drug-likeness (QED) is 0.328. The second-order valence-electron chi connectivity index (χ2n) is 1.92. The number of furan rings is 1. The summed E-state index contributed by atoms with van der Waals surface area (Å²) in [6.07, 6.45) is -0.163. The van der Waals surface area contributed by atoms with E-state index in [2.05, 4.69) is 13.3 Å². The molecule has 1 aromatic heterocycles. The average molecular weight is 230 g/mol. The normalized spacial score (nSPS) is 10.1. The molecule has 1 aromatic rings. The Bertz CT molecular complexity index is 386. The maximum absolute atomic E-state index is 11.0. The maximum atomic E-state index is 11.0. The van der Waals surface area contributed by atoms with Gasteiger partial charge in [-0.1, -0.05) is 0 Å². The third-order valence-electron chi connectivity index (χ3n) is 1.09. The zero-order chi connectivity index (χ0) is 9.90. The van der Waals surface area contributed by atoms with Crippen LogP contribution >= 0.6 is 0 Å². The molecule has 0 aliphatic carbocycles. The van der Waals surface area contributed by atoms with Crippen LogP contribution in [0.3, 0.4) is 0 Å². The summed E-state index contributed by atoms with van der Waals surface area (Å²) in [5, 5.41) is -0.446. The largest absolute Gasteiger partial charge is 1.00 e. The predicted octanol–water partition coefficient (Wildman–Crippen LogP) is -2.13. The first kappa shape index (κ1) is 13.5. The van der Waals surface area contributed by atoms with Crippen LogP contribution in [0.4, 0.5) is 4.79 Å². The van der Waals surface area contributed by atoms with Gasteiger partial charge in [0.2, 0.25) is 0 Å². The molecular formula is C6H7NaO6S. The monoisotopic (exact) mass is 230 g/mol. The van der Waals surface area contributed by atoms with Crippen molar-refractivity contribution >= 4 is 16.3 Å². The van der Waals surface area contributed by atoms with Crippen molar-refractivity contribution in [3.8, 4) is 0 Å². The second kappa shape index (κ2) is 5.40. The van der Waals surface area contributed by atoms with Crippen LogP contribution in [0.5, 0.6) is 0 Å². The number of carbonyl (C=O) groups is 1. The molecule has 0 saturated carbocycles. The minimum atomic E-state index is -4.17. The van der Waals surface area contributed by atoms with Gasteiger partial charge in [-0.3, -0.25) is 0 Å². The molecule has 0 spiro atoms. The Balaban J connectivity index is 0. The number of methoxy groups -OCH3 is 1. The summed E-state index contributed by atoms with van der Waals surface area (Å²) in [5.74, 6) is 0. The van der Waals surface area contributed by atoms with E-state index in [1.807, 2.05) is 0 Å². The summed E-state index contributed by atoms with van der Waals surface area (Å²) in [7, 11) is -3.17. The molecule has 0 amide bonds. The summed E-state index contributed by atoms with van der Waals surface area (Å²) in [4.78, 5) is 10.5. The molecule has 8 heteroatoms. The molecule has 0 aromatic carbocycles. The van der Waals surface area contributed by atoms with Crippen molar-refractivity contribution in [1.29, 1.82) is 0 Å². The Labute approximate surface area is 104 Å². The smallest absolute Gasteiger partial charge is 1.00 e. The Morgan fingerprint density at radius 2 is 2.21 bits per heavy atom. The van der Waals surface area contributed by atoms with Crippen LogP contribution < -0.4 is 29.6 Å². The fraction of sp³-hybridized carbons (Fsp3) is 0.167.